The Morgan fingerprint density at radius 2 is 2.24 bits per heavy atom. The summed E-state index contributed by atoms with van der Waals surface area (Å²) in [6, 6.07) is 7.64. The Kier molecular flexibility index (Phi) is 5.54. The molecule has 0 fully saturated rings. The standard InChI is InChI=1S/C19H19N5O3S2/c1-4-24-17(14-8-12-6-5-7-13(26-3)16(12)27-14)22-23-19(24)29-10-15(25)21-18-20-11(2)9-28-18/h5-9H,4,10H2,1-3H3,(H,20,21,25). The van der Waals surface area contributed by atoms with Crippen LogP contribution in [0.25, 0.3) is 22.6 Å². The second-order valence-electron chi connectivity index (χ2n) is 6.17. The van der Waals surface area contributed by atoms with E-state index in [1.54, 1.807) is 7.11 Å². The Bertz CT molecular complexity index is 1160. The molecule has 29 heavy (non-hydrogen) atoms. The maximum absolute atomic E-state index is 12.2. The maximum atomic E-state index is 12.2. The van der Waals surface area contributed by atoms with Crippen molar-refractivity contribution in [2.75, 3.05) is 18.2 Å². The van der Waals surface area contributed by atoms with Crippen LogP contribution >= 0.6 is 23.1 Å². The topological polar surface area (TPSA) is 95.1 Å². The van der Waals surface area contributed by atoms with Crippen LogP contribution in [0.5, 0.6) is 5.75 Å². The van der Waals surface area contributed by atoms with Gasteiger partial charge in [0.25, 0.3) is 0 Å². The molecule has 0 atom stereocenters. The van der Waals surface area contributed by atoms with Crippen molar-refractivity contribution in [2.24, 2.45) is 0 Å². The Hall–Kier alpha value is -2.85. The van der Waals surface area contributed by atoms with Crippen molar-refractivity contribution in [2.45, 2.75) is 25.5 Å². The molecule has 0 saturated heterocycles. The predicted molar refractivity (Wildman–Crippen MR) is 114 cm³/mol. The van der Waals surface area contributed by atoms with Gasteiger partial charge in [0.15, 0.2) is 27.4 Å². The van der Waals surface area contributed by atoms with Crippen molar-refractivity contribution in [1.82, 2.24) is 19.7 Å². The number of nitrogens with zero attached hydrogens (tertiary/aromatic N) is 4. The number of hydrogen-bond donors (Lipinski definition) is 1. The van der Waals surface area contributed by atoms with Gasteiger partial charge < -0.3 is 14.5 Å². The molecule has 4 rings (SSSR count). The highest BCUT2D eigenvalue weighted by Gasteiger charge is 2.19. The molecule has 3 heterocycles. The summed E-state index contributed by atoms with van der Waals surface area (Å²) in [5.74, 6) is 1.97. The normalized spacial score (nSPS) is 11.1. The van der Waals surface area contributed by atoms with Crippen LogP contribution in [0.2, 0.25) is 0 Å². The van der Waals surface area contributed by atoms with E-state index in [9.17, 15) is 4.79 Å². The number of rotatable bonds is 7. The van der Waals surface area contributed by atoms with Crippen molar-refractivity contribution in [3.8, 4) is 17.3 Å². The summed E-state index contributed by atoms with van der Waals surface area (Å²) in [5, 5.41) is 15.4. The zero-order valence-corrected chi connectivity index (χ0v) is 17.8. The van der Waals surface area contributed by atoms with E-state index in [0.29, 0.717) is 39.7 Å². The Balaban J connectivity index is 1.53. The third-order valence-electron chi connectivity index (χ3n) is 4.18. The Morgan fingerprint density at radius 3 is 2.97 bits per heavy atom. The van der Waals surface area contributed by atoms with Crippen molar-refractivity contribution >= 4 is 45.1 Å². The highest BCUT2D eigenvalue weighted by Crippen LogP contribution is 2.33. The number of carbonyl (C=O) groups excluding carboxylic acids is 1. The number of benzene rings is 1. The van der Waals surface area contributed by atoms with Gasteiger partial charge in [-0.3, -0.25) is 9.36 Å². The molecule has 1 N–H and O–H groups in total. The number of ether oxygens (including phenoxy) is 1. The number of carbonyl (C=O) groups is 1. The zero-order valence-electron chi connectivity index (χ0n) is 16.1. The smallest absolute Gasteiger partial charge is 0.236 e. The van der Waals surface area contributed by atoms with Gasteiger partial charge >= 0.3 is 0 Å². The minimum Gasteiger partial charge on any atom is -0.493 e. The quantitative estimate of drug-likeness (QED) is 0.440. The monoisotopic (exact) mass is 429 g/mol. The van der Waals surface area contributed by atoms with Crippen LogP contribution in [0.3, 0.4) is 0 Å². The molecule has 1 aromatic carbocycles. The first-order chi connectivity index (χ1) is 14.1. The van der Waals surface area contributed by atoms with Gasteiger partial charge in [0, 0.05) is 17.3 Å². The third-order valence-corrected chi connectivity index (χ3v) is 6.02. The van der Waals surface area contributed by atoms with E-state index in [4.69, 9.17) is 9.15 Å². The van der Waals surface area contributed by atoms with Crippen LogP contribution in [-0.4, -0.2) is 38.5 Å². The number of amides is 1. The molecule has 0 bridgehead atoms. The lowest BCUT2D eigenvalue weighted by Gasteiger charge is -2.05. The summed E-state index contributed by atoms with van der Waals surface area (Å²) < 4.78 is 13.3. The molecule has 3 aromatic heterocycles. The molecule has 10 heteroatoms. The number of para-hydroxylation sites is 1. The van der Waals surface area contributed by atoms with Gasteiger partial charge in [-0.25, -0.2) is 4.98 Å². The van der Waals surface area contributed by atoms with Crippen molar-refractivity contribution < 1.29 is 13.9 Å². The van der Waals surface area contributed by atoms with Crippen LogP contribution in [0.15, 0.2) is 39.2 Å². The van der Waals surface area contributed by atoms with Crippen LogP contribution in [-0.2, 0) is 11.3 Å². The number of aryl methyl sites for hydroxylation is 1. The SMILES string of the molecule is CCn1c(SCC(=O)Nc2nc(C)cs2)nnc1-c1cc2cccc(OC)c2o1. The first-order valence-corrected chi connectivity index (χ1v) is 10.8. The second kappa shape index (κ2) is 8.26. The lowest BCUT2D eigenvalue weighted by Crippen LogP contribution is -2.14. The summed E-state index contributed by atoms with van der Waals surface area (Å²) in [5.41, 5.74) is 1.55. The predicted octanol–water partition coefficient (Wildman–Crippen LogP) is 4.22. The van der Waals surface area contributed by atoms with Crippen LogP contribution < -0.4 is 10.1 Å². The lowest BCUT2D eigenvalue weighted by atomic mass is 10.2. The highest BCUT2D eigenvalue weighted by atomic mass is 32.2. The lowest BCUT2D eigenvalue weighted by molar-refractivity contribution is -0.113. The second-order valence-corrected chi connectivity index (χ2v) is 7.97. The van der Waals surface area contributed by atoms with Crippen LogP contribution in [0.4, 0.5) is 5.13 Å². The first kappa shape index (κ1) is 19.5. The van der Waals surface area contributed by atoms with Gasteiger partial charge in [0.05, 0.1) is 18.6 Å². The van der Waals surface area contributed by atoms with E-state index >= 15 is 0 Å². The van der Waals surface area contributed by atoms with E-state index in [1.807, 2.05) is 48.1 Å². The van der Waals surface area contributed by atoms with Gasteiger partial charge in [-0.1, -0.05) is 23.9 Å². The summed E-state index contributed by atoms with van der Waals surface area (Å²) in [6.07, 6.45) is 0. The molecule has 0 unspecified atom stereocenters. The van der Waals surface area contributed by atoms with E-state index in [1.165, 1.54) is 23.1 Å². The number of anilines is 1. The molecule has 4 aromatic rings. The van der Waals surface area contributed by atoms with Gasteiger partial charge in [-0.05, 0) is 26.0 Å². The molecular formula is C19H19N5O3S2. The number of aromatic nitrogens is 4. The Labute approximate surface area is 175 Å². The highest BCUT2D eigenvalue weighted by molar-refractivity contribution is 7.99. The molecule has 8 nitrogen and oxygen atoms in total. The number of furan rings is 1. The van der Waals surface area contributed by atoms with E-state index in [2.05, 4.69) is 20.5 Å². The van der Waals surface area contributed by atoms with E-state index in [-0.39, 0.29) is 11.7 Å². The number of thiazole rings is 1. The van der Waals surface area contributed by atoms with Gasteiger partial charge in [-0.2, -0.15) is 0 Å². The first-order valence-electron chi connectivity index (χ1n) is 8.94. The molecule has 150 valence electrons. The minimum absolute atomic E-state index is 0.134. The van der Waals surface area contributed by atoms with E-state index < -0.39 is 0 Å². The summed E-state index contributed by atoms with van der Waals surface area (Å²) in [7, 11) is 1.61. The number of hydrogen-bond acceptors (Lipinski definition) is 8. The van der Waals surface area contributed by atoms with Crippen LogP contribution in [0, 0.1) is 6.92 Å². The molecule has 0 aliphatic rings. The molecular weight excluding hydrogens is 410 g/mol. The molecule has 0 saturated carbocycles. The number of nitrogens with one attached hydrogen (secondary N) is 1. The number of thioether (sulfide) groups is 1. The fourth-order valence-electron chi connectivity index (χ4n) is 2.87. The molecule has 1 amide bonds. The van der Waals surface area contributed by atoms with Gasteiger partial charge in [-0.15, -0.1) is 21.5 Å². The fraction of sp³-hybridized carbons (Fsp3) is 0.263. The third kappa shape index (κ3) is 3.99. The van der Waals surface area contributed by atoms with Crippen molar-refractivity contribution in [1.29, 1.82) is 0 Å². The van der Waals surface area contributed by atoms with Crippen molar-refractivity contribution in [3.05, 3.63) is 35.3 Å². The number of methoxy groups -OCH3 is 1. The molecule has 0 radical (unpaired) electrons. The summed E-state index contributed by atoms with van der Waals surface area (Å²) in [4.78, 5) is 16.4. The van der Waals surface area contributed by atoms with Crippen molar-refractivity contribution in [3.63, 3.8) is 0 Å². The molecule has 0 aliphatic heterocycles. The van der Waals surface area contributed by atoms with Gasteiger partial charge in [0.2, 0.25) is 11.7 Å². The van der Waals surface area contributed by atoms with Gasteiger partial charge in [0.1, 0.15) is 0 Å². The van der Waals surface area contributed by atoms with Crippen LogP contribution in [0.1, 0.15) is 12.6 Å². The average molecular weight is 430 g/mol. The molecule has 0 spiro atoms. The fourth-order valence-corrected chi connectivity index (χ4v) is 4.37. The van der Waals surface area contributed by atoms with E-state index in [0.717, 1.165) is 11.1 Å². The maximum Gasteiger partial charge on any atom is 0.236 e. The Morgan fingerprint density at radius 1 is 1.38 bits per heavy atom. The minimum atomic E-state index is -0.134. The average Bonchev–Trinajstić information content (AvgIpc) is 3.43. The largest absolute Gasteiger partial charge is 0.493 e. The zero-order chi connectivity index (χ0) is 20.4. The summed E-state index contributed by atoms with van der Waals surface area (Å²) in [6.45, 7) is 4.53. The number of fused-ring (bicyclic) bond motifs is 1. The summed E-state index contributed by atoms with van der Waals surface area (Å²) >= 11 is 2.73. The molecule has 0 aliphatic carbocycles.